The van der Waals surface area contributed by atoms with E-state index in [0.717, 1.165) is 19.7 Å². The number of hydrogen-bond donors (Lipinski definition) is 1. The first-order valence-electron chi connectivity index (χ1n) is 7.26. The summed E-state index contributed by atoms with van der Waals surface area (Å²) in [6.45, 7) is 5.20. The molecule has 1 fully saturated rings. The molecule has 0 saturated carbocycles. The van der Waals surface area contributed by atoms with Crippen molar-refractivity contribution < 1.29 is 4.74 Å². The minimum atomic E-state index is 0.142. The van der Waals surface area contributed by atoms with Crippen LogP contribution < -0.4 is 5.73 Å². The van der Waals surface area contributed by atoms with Gasteiger partial charge in [0.25, 0.3) is 0 Å². The van der Waals surface area contributed by atoms with Crippen LogP contribution in [0.5, 0.6) is 0 Å². The summed E-state index contributed by atoms with van der Waals surface area (Å²) in [6, 6.07) is 11.1. The zero-order chi connectivity index (χ0) is 13.7. The van der Waals surface area contributed by atoms with Gasteiger partial charge in [0.15, 0.2) is 0 Å². The van der Waals surface area contributed by atoms with Crippen molar-refractivity contribution in [2.45, 2.75) is 31.8 Å². The number of benzene rings is 1. The molecular formula is C16H26N2O. The van der Waals surface area contributed by atoms with Gasteiger partial charge >= 0.3 is 0 Å². The van der Waals surface area contributed by atoms with Crippen molar-refractivity contribution in [1.29, 1.82) is 0 Å². The molecule has 106 valence electrons. The number of piperidine rings is 1. The second-order valence-corrected chi connectivity index (χ2v) is 5.67. The van der Waals surface area contributed by atoms with E-state index in [9.17, 15) is 0 Å². The van der Waals surface area contributed by atoms with E-state index in [-0.39, 0.29) is 6.04 Å². The van der Waals surface area contributed by atoms with E-state index < -0.39 is 0 Å². The molecule has 0 spiro atoms. The summed E-state index contributed by atoms with van der Waals surface area (Å²) in [5.41, 5.74) is 7.58. The van der Waals surface area contributed by atoms with Gasteiger partial charge in [-0.05, 0) is 37.8 Å². The standard InChI is InChI=1S/C16H26N2O/c1-13(17)16(15-8-4-3-5-9-15)18-10-6-7-14(11-18)12-19-2/h3-5,8-9,13-14,16H,6-7,10-12,17H2,1-2H3. The van der Waals surface area contributed by atoms with Gasteiger partial charge in [0.1, 0.15) is 0 Å². The molecule has 0 aliphatic carbocycles. The molecular weight excluding hydrogens is 236 g/mol. The highest BCUT2D eigenvalue weighted by molar-refractivity contribution is 5.20. The lowest BCUT2D eigenvalue weighted by Gasteiger charge is -2.40. The van der Waals surface area contributed by atoms with Crippen LogP contribution in [0.4, 0.5) is 0 Å². The van der Waals surface area contributed by atoms with E-state index in [0.29, 0.717) is 12.0 Å². The fraction of sp³-hybridized carbons (Fsp3) is 0.625. The van der Waals surface area contributed by atoms with E-state index in [4.69, 9.17) is 10.5 Å². The molecule has 0 radical (unpaired) electrons. The van der Waals surface area contributed by atoms with Crippen LogP contribution in [0.3, 0.4) is 0 Å². The Hall–Kier alpha value is -0.900. The van der Waals surface area contributed by atoms with Gasteiger partial charge in [-0.25, -0.2) is 0 Å². The van der Waals surface area contributed by atoms with Crippen LogP contribution in [0.25, 0.3) is 0 Å². The number of methoxy groups -OCH3 is 1. The Labute approximate surface area is 116 Å². The quantitative estimate of drug-likeness (QED) is 0.885. The molecule has 3 heteroatoms. The van der Waals surface area contributed by atoms with E-state index >= 15 is 0 Å². The summed E-state index contributed by atoms with van der Waals surface area (Å²) in [5.74, 6) is 0.642. The lowest BCUT2D eigenvalue weighted by molar-refractivity contribution is 0.0618. The highest BCUT2D eigenvalue weighted by Gasteiger charge is 2.28. The second kappa shape index (κ2) is 7.04. The third kappa shape index (κ3) is 3.78. The lowest BCUT2D eigenvalue weighted by Crippen LogP contribution is -2.45. The molecule has 3 nitrogen and oxygen atoms in total. The fourth-order valence-electron chi connectivity index (χ4n) is 3.22. The normalized spacial score (nSPS) is 24.1. The predicted octanol–water partition coefficient (Wildman–Crippen LogP) is 2.43. The van der Waals surface area contributed by atoms with Gasteiger partial charge in [-0.2, -0.15) is 0 Å². The van der Waals surface area contributed by atoms with Crippen LogP contribution in [0.1, 0.15) is 31.4 Å². The van der Waals surface area contributed by atoms with Crippen LogP contribution in [0.2, 0.25) is 0 Å². The summed E-state index contributed by atoms with van der Waals surface area (Å²) in [6.07, 6.45) is 2.51. The minimum Gasteiger partial charge on any atom is -0.384 e. The van der Waals surface area contributed by atoms with Crippen molar-refractivity contribution in [2.75, 3.05) is 26.8 Å². The molecule has 2 N–H and O–H groups in total. The van der Waals surface area contributed by atoms with Crippen LogP contribution in [0.15, 0.2) is 30.3 Å². The first kappa shape index (κ1) is 14.5. The summed E-state index contributed by atoms with van der Waals surface area (Å²) < 4.78 is 5.32. The first-order valence-corrected chi connectivity index (χ1v) is 7.26. The van der Waals surface area contributed by atoms with Gasteiger partial charge in [0.2, 0.25) is 0 Å². The zero-order valence-electron chi connectivity index (χ0n) is 12.1. The lowest BCUT2D eigenvalue weighted by atomic mass is 9.92. The number of rotatable bonds is 5. The maximum atomic E-state index is 6.25. The highest BCUT2D eigenvalue weighted by atomic mass is 16.5. The van der Waals surface area contributed by atoms with Gasteiger partial charge in [-0.3, -0.25) is 4.90 Å². The SMILES string of the molecule is COCC1CCCN(C(c2ccccc2)C(C)N)C1. The van der Waals surface area contributed by atoms with Crippen molar-refractivity contribution in [2.24, 2.45) is 11.7 Å². The average Bonchev–Trinajstić information content (AvgIpc) is 2.40. The Balaban J connectivity index is 2.11. The Bertz CT molecular complexity index is 364. The van der Waals surface area contributed by atoms with Gasteiger partial charge < -0.3 is 10.5 Å². The van der Waals surface area contributed by atoms with Crippen molar-refractivity contribution in [1.82, 2.24) is 4.90 Å². The molecule has 0 aromatic heterocycles. The molecule has 1 saturated heterocycles. The largest absolute Gasteiger partial charge is 0.384 e. The number of nitrogens with zero attached hydrogens (tertiary/aromatic N) is 1. The number of ether oxygens (including phenoxy) is 1. The number of nitrogens with two attached hydrogens (primary N) is 1. The molecule has 1 aromatic rings. The third-order valence-electron chi connectivity index (χ3n) is 3.99. The summed E-state index contributed by atoms with van der Waals surface area (Å²) in [7, 11) is 1.79. The van der Waals surface area contributed by atoms with Crippen LogP contribution in [0, 0.1) is 5.92 Å². The Morgan fingerprint density at radius 1 is 1.37 bits per heavy atom. The second-order valence-electron chi connectivity index (χ2n) is 5.67. The van der Waals surface area contributed by atoms with E-state index in [1.807, 2.05) is 0 Å². The monoisotopic (exact) mass is 262 g/mol. The van der Waals surface area contributed by atoms with Crippen molar-refractivity contribution in [3.05, 3.63) is 35.9 Å². The van der Waals surface area contributed by atoms with Crippen molar-refractivity contribution >= 4 is 0 Å². The molecule has 2 rings (SSSR count). The van der Waals surface area contributed by atoms with Crippen LogP contribution >= 0.6 is 0 Å². The molecule has 0 amide bonds. The highest BCUT2D eigenvalue weighted by Crippen LogP contribution is 2.28. The molecule has 1 heterocycles. The van der Waals surface area contributed by atoms with E-state index in [1.165, 1.54) is 18.4 Å². The Morgan fingerprint density at radius 3 is 2.74 bits per heavy atom. The molecule has 3 unspecified atom stereocenters. The molecule has 19 heavy (non-hydrogen) atoms. The smallest absolute Gasteiger partial charge is 0.0502 e. The molecule has 1 aliphatic heterocycles. The summed E-state index contributed by atoms with van der Waals surface area (Å²) in [4.78, 5) is 2.53. The maximum absolute atomic E-state index is 6.25. The topological polar surface area (TPSA) is 38.5 Å². The molecule has 3 atom stereocenters. The van der Waals surface area contributed by atoms with Gasteiger partial charge in [-0.1, -0.05) is 30.3 Å². The average molecular weight is 262 g/mol. The summed E-state index contributed by atoms with van der Waals surface area (Å²) in [5, 5.41) is 0. The maximum Gasteiger partial charge on any atom is 0.0502 e. The zero-order valence-corrected chi connectivity index (χ0v) is 12.1. The van der Waals surface area contributed by atoms with Crippen molar-refractivity contribution in [3.63, 3.8) is 0 Å². The fourth-order valence-corrected chi connectivity index (χ4v) is 3.22. The van der Waals surface area contributed by atoms with Crippen LogP contribution in [-0.2, 0) is 4.74 Å². The molecule has 1 aliphatic rings. The Morgan fingerprint density at radius 2 is 2.11 bits per heavy atom. The number of likely N-dealkylation sites (tertiary alicyclic amines) is 1. The van der Waals surface area contributed by atoms with E-state index in [1.54, 1.807) is 7.11 Å². The van der Waals surface area contributed by atoms with E-state index in [2.05, 4.69) is 42.2 Å². The summed E-state index contributed by atoms with van der Waals surface area (Å²) >= 11 is 0. The van der Waals surface area contributed by atoms with Gasteiger partial charge in [-0.15, -0.1) is 0 Å². The van der Waals surface area contributed by atoms with Gasteiger partial charge in [0.05, 0.1) is 6.61 Å². The Kier molecular flexibility index (Phi) is 5.37. The van der Waals surface area contributed by atoms with Crippen molar-refractivity contribution in [3.8, 4) is 0 Å². The predicted molar refractivity (Wildman–Crippen MR) is 79.0 cm³/mol. The molecule has 0 bridgehead atoms. The van der Waals surface area contributed by atoms with Crippen LogP contribution in [-0.4, -0.2) is 37.7 Å². The first-order chi connectivity index (χ1) is 9.22. The van der Waals surface area contributed by atoms with Gasteiger partial charge in [0, 0.05) is 25.7 Å². The minimum absolute atomic E-state index is 0.142. The third-order valence-corrected chi connectivity index (χ3v) is 3.99. The molecule has 1 aromatic carbocycles. The number of hydrogen-bond acceptors (Lipinski definition) is 3.